The number of fused-ring (bicyclic) bond motifs is 4. The van der Waals surface area contributed by atoms with E-state index in [1.165, 1.54) is 13.8 Å². The van der Waals surface area contributed by atoms with E-state index in [1.54, 1.807) is 0 Å². The maximum absolute atomic E-state index is 13.5. The van der Waals surface area contributed by atoms with Crippen molar-refractivity contribution < 1.29 is 49.4 Å². The Morgan fingerprint density at radius 1 is 1.09 bits per heavy atom. The number of aliphatic carboxylic acids is 1. The van der Waals surface area contributed by atoms with E-state index in [0.717, 1.165) is 0 Å². The molecule has 1 aromatic rings. The van der Waals surface area contributed by atoms with Gasteiger partial charge in [-0.05, 0) is 13.8 Å². The first-order chi connectivity index (χ1) is 15.0. The molecule has 1 fully saturated rings. The quantitative estimate of drug-likeness (QED) is 0.404. The van der Waals surface area contributed by atoms with Gasteiger partial charge in [0.2, 0.25) is 0 Å². The van der Waals surface area contributed by atoms with Crippen molar-refractivity contribution in [2.45, 2.75) is 69.2 Å². The third-order valence-electron chi connectivity index (χ3n) is 7.08. The molecular weight excluding hydrogens is 424 g/mol. The molecule has 6 rings (SSSR count). The molecule has 3 aliphatic heterocycles. The second-order valence-corrected chi connectivity index (χ2v) is 8.83. The van der Waals surface area contributed by atoms with Gasteiger partial charge in [0.25, 0.3) is 0 Å². The summed E-state index contributed by atoms with van der Waals surface area (Å²) in [5.41, 5.74) is -3.23. The van der Waals surface area contributed by atoms with E-state index < -0.39 is 76.3 Å². The van der Waals surface area contributed by atoms with Crippen molar-refractivity contribution in [3.63, 3.8) is 0 Å². The summed E-state index contributed by atoms with van der Waals surface area (Å²) in [6, 6.07) is 0. The third kappa shape index (κ3) is 2.46. The lowest BCUT2D eigenvalue weighted by Crippen LogP contribution is -2.66. The van der Waals surface area contributed by atoms with E-state index in [4.69, 9.17) is 14.6 Å². The number of aliphatic hydroxyl groups is 2. The number of benzene rings is 1. The molecule has 1 aromatic carbocycles. The summed E-state index contributed by atoms with van der Waals surface area (Å²) in [5, 5.41) is 52.8. The maximum Gasteiger partial charge on any atom is 0.305 e. The molecular formula is C22H22O10. The molecule has 32 heavy (non-hydrogen) atoms. The highest BCUT2D eigenvalue weighted by Crippen LogP contribution is 2.54. The number of phenols is 2. The molecule has 6 atom stereocenters. The van der Waals surface area contributed by atoms with Gasteiger partial charge in [0, 0.05) is 35.1 Å². The number of hydrogen-bond donors (Lipinski definition) is 5. The van der Waals surface area contributed by atoms with Gasteiger partial charge in [-0.25, -0.2) is 0 Å². The topological polar surface area (TPSA) is 171 Å². The minimum atomic E-state index is -2.14. The number of aliphatic hydroxyl groups excluding tert-OH is 1. The van der Waals surface area contributed by atoms with Gasteiger partial charge in [-0.1, -0.05) is 0 Å². The highest BCUT2D eigenvalue weighted by molar-refractivity contribution is 6.30. The van der Waals surface area contributed by atoms with Crippen LogP contribution in [0.15, 0.2) is 11.1 Å². The van der Waals surface area contributed by atoms with Crippen LogP contribution in [0.3, 0.4) is 0 Å². The SMILES string of the molecule is C[C@@H]1O[C@@H](CC(=O)O)Cc2c(O)c3c(c(O)c21)C(=O)C1=C(C3=O)[C@H]2C[C@@H](O)[C@]1(O)[C@@H](C)O2. The van der Waals surface area contributed by atoms with Gasteiger partial charge in [0.05, 0.1) is 48.1 Å². The zero-order valence-electron chi connectivity index (χ0n) is 17.3. The predicted octanol–water partition coefficient (Wildman–Crippen LogP) is 0.533. The van der Waals surface area contributed by atoms with Gasteiger partial charge in [-0.3, -0.25) is 14.4 Å². The molecule has 3 heterocycles. The van der Waals surface area contributed by atoms with Crippen LogP contribution in [0.25, 0.3) is 0 Å². The number of carbonyl (C=O) groups is 3. The Labute approximate surface area is 181 Å². The van der Waals surface area contributed by atoms with Crippen LogP contribution in [0.4, 0.5) is 0 Å². The Morgan fingerprint density at radius 3 is 2.38 bits per heavy atom. The Morgan fingerprint density at radius 2 is 1.75 bits per heavy atom. The molecule has 0 amide bonds. The van der Waals surface area contributed by atoms with Gasteiger partial charge in [-0.2, -0.15) is 0 Å². The van der Waals surface area contributed by atoms with Gasteiger partial charge in [0.15, 0.2) is 11.6 Å². The fraction of sp³-hybridized carbons (Fsp3) is 0.500. The Kier molecular flexibility index (Phi) is 4.35. The zero-order valence-corrected chi connectivity index (χ0v) is 17.3. The van der Waals surface area contributed by atoms with Gasteiger partial charge < -0.3 is 35.0 Å². The van der Waals surface area contributed by atoms with Crippen molar-refractivity contribution in [2.75, 3.05) is 0 Å². The maximum atomic E-state index is 13.5. The first-order valence-corrected chi connectivity index (χ1v) is 10.4. The van der Waals surface area contributed by atoms with Crippen molar-refractivity contribution >= 4 is 17.5 Å². The second kappa shape index (κ2) is 6.61. The monoisotopic (exact) mass is 446 g/mol. The smallest absolute Gasteiger partial charge is 0.305 e. The van der Waals surface area contributed by atoms with E-state index in [-0.39, 0.29) is 41.5 Å². The summed E-state index contributed by atoms with van der Waals surface area (Å²) in [6.07, 6.45) is -5.45. The normalized spacial score (nSPS) is 35.4. The average Bonchev–Trinajstić information content (AvgIpc) is 2.69. The van der Waals surface area contributed by atoms with Crippen LogP contribution < -0.4 is 0 Å². The van der Waals surface area contributed by atoms with Gasteiger partial charge in [-0.15, -0.1) is 0 Å². The zero-order chi connectivity index (χ0) is 23.3. The lowest BCUT2D eigenvalue weighted by atomic mass is 9.63. The first-order valence-electron chi connectivity index (χ1n) is 10.4. The van der Waals surface area contributed by atoms with E-state index in [9.17, 15) is 34.8 Å². The lowest BCUT2D eigenvalue weighted by molar-refractivity contribution is -0.207. The fourth-order valence-electron chi connectivity index (χ4n) is 5.64. The molecule has 5 N–H and O–H groups in total. The Balaban J connectivity index is 1.73. The number of carboxylic acid groups (broad SMARTS) is 1. The van der Waals surface area contributed by atoms with Crippen LogP contribution in [-0.4, -0.2) is 73.1 Å². The molecule has 10 nitrogen and oxygen atoms in total. The number of aromatic hydroxyl groups is 2. The molecule has 2 bridgehead atoms. The molecule has 170 valence electrons. The first kappa shape index (κ1) is 21.1. The molecule has 0 radical (unpaired) electrons. The van der Waals surface area contributed by atoms with Crippen LogP contribution in [-0.2, 0) is 20.7 Å². The van der Waals surface area contributed by atoms with Crippen molar-refractivity contribution in [3.05, 3.63) is 33.4 Å². The van der Waals surface area contributed by atoms with Crippen molar-refractivity contribution in [1.82, 2.24) is 0 Å². The summed E-state index contributed by atoms with van der Waals surface area (Å²) < 4.78 is 11.3. The molecule has 0 unspecified atom stereocenters. The molecule has 0 spiro atoms. The van der Waals surface area contributed by atoms with Gasteiger partial charge in [0.1, 0.15) is 17.1 Å². The average molecular weight is 446 g/mol. The van der Waals surface area contributed by atoms with Crippen molar-refractivity contribution in [2.24, 2.45) is 0 Å². The van der Waals surface area contributed by atoms with E-state index in [0.29, 0.717) is 0 Å². The minimum Gasteiger partial charge on any atom is -0.507 e. The van der Waals surface area contributed by atoms with Crippen LogP contribution in [0, 0.1) is 0 Å². The number of ether oxygens (including phenoxy) is 2. The van der Waals surface area contributed by atoms with Crippen LogP contribution in [0.5, 0.6) is 11.5 Å². The third-order valence-corrected chi connectivity index (χ3v) is 7.08. The number of carboxylic acids is 1. The van der Waals surface area contributed by atoms with E-state index in [1.807, 2.05) is 0 Å². The molecule has 0 saturated carbocycles. The lowest BCUT2D eigenvalue weighted by Gasteiger charge is -2.52. The Hall–Kier alpha value is -2.79. The minimum absolute atomic E-state index is 0.0777. The molecule has 2 aliphatic carbocycles. The fourth-order valence-corrected chi connectivity index (χ4v) is 5.64. The number of Topliss-reactive ketones (excluding diaryl/α,β-unsaturated/α-hetero) is 2. The second-order valence-electron chi connectivity index (χ2n) is 8.83. The molecule has 5 aliphatic rings. The largest absolute Gasteiger partial charge is 0.507 e. The molecule has 0 aromatic heterocycles. The predicted molar refractivity (Wildman–Crippen MR) is 105 cm³/mol. The summed E-state index contributed by atoms with van der Waals surface area (Å²) in [6.45, 7) is 3.02. The summed E-state index contributed by atoms with van der Waals surface area (Å²) in [5.74, 6) is -3.84. The van der Waals surface area contributed by atoms with Crippen molar-refractivity contribution in [3.8, 4) is 11.5 Å². The Bertz CT molecular complexity index is 1120. The number of ketones is 2. The van der Waals surface area contributed by atoms with Crippen molar-refractivity contribution in [1.29, 1.82) is 0 Å². The van der Waals surface area contributed by atoms with Crippen LogP contribution in [0.2, 0.25) is 0 Å². The molecule has 1 saturated heterocycles. The van der Waals surface area contributed by atoms with Gasteiger partial charge >= 0.3 is 5.97 Å². The number of carbonyl (C=O) groups excluding carboxylic acids is 2. The number of hydrogen-bond acceptors (Lipinski definition) is 9. The highest BCUT2D eigenvalue weighted by atomic mass is 16.5. The highest BCUT2D eigenvalue weighted by Gasteiger charge is 2.62. The molecule has 10 heteroatoms. The summed E-state index contributed by atoms with van der Waals surface area (Å²) in [7, 11) is 0. The van der Waals surface area contributed by atoms with E-state index in [2.05, 4.69) is 0 Å². The summed E-state index contributed by atoms with van der Waals surface area (Å²) in [4.78, 5) is 38.1. The standard InChI is InChI=1S/C22H22O10/c1-6-13-9(3-8(31-6)4-12(24)25)18(26)15-16(19(13)27)21(29)17-14(20(15)28)10-5-11(23)22(17,30)7(2)32-10/h6-8,10-11,23,26-27,30H,3-5H2,1-2H3,(H,24,25)/t6-,7+,8+,10+,11+,22+/m0/s1. The number of rotatable bonds is 2. The van der Waals surface area contributed by atoms with E-state index >= 15 is 0 Å². The number of phenolic OH excluding ortho intramolecular Hbond substituents is 2. The van der Waals surface area contributed by atoms with Crippen LogP contribution >= 0.6 is 0 Å². The summed E-state index contributed by atoms with van der Waals surface area (Å²) >= 11 is 0. The van der Waals surface area contributed by atoms with Crippen LogP contribution in [0.1, 0.15) is 64.6 Å².